The molecule has 2 N–H and O–H groups in total. The van der Waals surface area contributed by atoms with E-state index in [1.54, 1.807) is 12.1 Å². The Morgan fingerprint density at radius 2 is 1.58 bits per heavy atom. The molecule has 0 aliphatic rings. The van der Waals surface area contributed by atoms with Gasteiger partial charge < -0.3 is 19.9 Å². The Morgan fingerprint density at radius 1 is 0.962 bits per heavy atom. The Morgan fingerprint density at radius 3 is 2.23 bits per heavy atom. The van der Waals surface area contributed by atoms with Crippen LogP contribution in [-0.2, 0) is 16.1 Å². The van der Waals surface area contributed by atoms with Gasteiger partial charge in [-0.05, 0) is 48.4 Å². The maximum atomic E-state index is 12.8. The highest BCUT2D eigenvalue weighted by atomic mass is 19.1. The van der Waals surface area contributed by atoms with Gasteiger partial charge >= 0.3 is 5.97 Å². The summed E-state index contributed by atoms with van der Waals surface area (Å²) in [5.41, 5.74) is 0.887. The van der Waals surface area contributed by atoms with Crippen molar-refractivity contribution in [3.8, 4) is 11.5 Å². The summed E-state index contributed by atoms with van der Waals surface area (Å²) in [5, 5.41) is 11.3. The van der Waals surface area contributed by atoms with E-state index in [1.807, 2.05) is 12.1 Å². The number of nitrogens with one attached hydrogen (secondary N) is 1. The molecule has 1 amide bonds. The van der Waals surface area contributed by atoms with E-state index < -0.39 is 5.97 Å². The summed E-state index contributed by atoms with van der Waals surface area (Å²) in [5.74, 6) is -0.432. The van der Waals surface area contributed by atoms with Crippen LogP contribution < -0.4 is 14.8 Å². The molecule has 2 aromatic carbocycles. The third-order valence-corrected chi connectivity index (χ3v) is 3.40. The monoisotopic (exact) mass is 361 g/mol. The van der Waals surface area contributed by atoms with E-state index >= 15 is 0 Å². The maximum Gasteiger partial charge on any atom is 0.303 e. The van der Waals surface area contributed by atoms with Crippen molar-refractivity contribution in [3.63, 3.8) is 0 Å². The second kappa shape index (κ2) is 10.0. The highest BCUT2D eigenvalue weighted by molar-refractivity contribution is 5.77. The minimum Gasteiger partial charge on any atom is -0.494 e. The predicted molar refractivity (Wildman–Crippen MR) is 92.5 cm³/mol. The van der Waals surface area contributed by atoms with Gasteiger partial charge in [0.25, 0.3) is 5.91 Å². The van der Waals surface area contributed by atoms with E-state index in [2.05, 4.69) is 5.32 Å². The van der Waals surface area contributed by atoms with Crippen molar-refractivity contribution in [1.29, 1.82) is 0 Å². The Hall–Kier alpha value is -3.09. The second-order valence-electron chi connectivity index (χ2n) is 5.51. The fourth-order valence-corrected chi connectivity index (χ4v) is 2.05. The number of carbonyl (C=O) groups is 2. The largest absolute Gasteiger partial charge is 0.494 e. The average molecular weight is 361 g/mol. The fourth-order valence-electron chi connectivity index (χ4n) is 2.05. The highest BCUT2D eigenvalue weighted by Gasteiger charge is 2.04. The number of rotatable bonds is 10. The molecule has 2 aromatic rings. The number of halogens is 1. The van der Waals surface area contributed by atoms with Crippen molar-refractivity contribution in [3.05, 3.63) is 59.9 Å². The van der Waals surface area contributed by atoms with Gasteiger partial charge in [-0.3, -0.25) is 9.59 Å². The number of ether oxygens (including phenoxy) is 2. The summed E-state index contributed by atoms with van der Waals surface area (Å²) in [4.78, 5) is 22.2. The van der Waals surface area contributed by atoms with Crippen LogP contribution in [0.15, 0.2) is 48.5 Å². The van der Waals surface area contributed by atoms with E-state index in [1.165, 1.54) is 24.3 Å². The zero-order valence-electron chi connectivity index (χ0n) is 14.1. The van der Waals surface area contributed by atoms with Crippen LogP contribution in [0.1, 0.15) is 18.4 Å². The molecule has 0 aromatic heterocycles. The summed E-state index contributed by atoms with van der Waals surface area (Å²) < 4.78 is 23.5. The molecule has 6 nitrogen and oxygen atoms in total. The maximum absolute atomic E-state index is 12.8. The summed E-state index contributed by atoms with van der Waals surface area (Å²) >= 11 is 0. The first-order chi connectivity index (χ1) is 12.5. The number of carboxylic acids is 1. The third kappa shape index (κ3) is 7.21. The van der Waals surface area contributed by atoms with E-state index in [-0.39, 0.29) is 24.8 Å². The van der Waals surface area contributed by atoms with Crippen LogP contribution in [0.5, 0.6) is 11.5 Å². The molecular formula is C19H20FNO5. The molecule has 0 fully saturated rings. The Labute approximate surface area is 150 Å². The SMILES string of the molecule is O=C(O)CCCOc1ccc(CNC(=O)COc2ccc(F)cc2)cc1. The Bertz CT molecular complexity index is 716. The quantitative estimate of drug-likeness (QED) is 0.636. The first-order valence-electron chi connectivity index (χ1n) is 8.11. The van der Waals surface area contributed by atoms with Gasteiger partial charge in [-0.25, -0.2) is 4.39 Å². The molecule has 0 aliphatic carbocycles. The third-order valence-electron chi connectivity index (χ3n) is 3.40. The van der Waals surface area contributed by atoms with Crippen LogP contribution in [0.3, 0.4) is 0 Å². The number of hydrogen-bond acceptors (Lipinski definition) is 4. The van der Waals surface area contributed by atoms with Crippen LogP contribution in [-0.4, -0.2) is 30.2 Å². The summed E-state index contributed by atoms with van der Waals surface area (Å²) in [6.07, 6.45) is 0.519. The standard InChI is InChI=1S/C19H20FNO5/c20-15-5-9-17(10-6-15)26-13-18(22)21-12-14-3-7-16(8-4-14)25-11-1-2-19(23)24/h3-10H,1-2,11-13H2,(H,21,22)(H,23,24). The summed E-state index contributed by atoms with van der Waals surface area (Å²) in [6, 6.07) is 12.6. The van der Waals surface area contributed by atoms with Crippen molar-refractivity contribution in [2.24, 2.45) is 0 Å². The molecular weight excluding hydrogens is 341 g/mol. The molecule has 138 valence electrons. The van der Waals surface area contributed by atoms with Crippen LogP contribution >= 0.6 is 0 Å². The minimum atomic E-state index is -0.844. The van der Waals surface area contributed by atoms with E-state index in [0.29, 0.717) is 31.1 Å². The molecule has 2 rings (SSSR count). The van der Waals surface area contributed by atoms with E-state index in [9.17, 15) is 14.0 Å². The summed E-state index contributed by atoms with van der Waals surface area (Å²) in [7, 11) is 0. The number of benzene rings is 2. The van der Waals surface area contributed by atoms with Gasteiger partial charge in [-0.1, -0.05) is 12.1 Å². The molecule has 0 radical (unpaired) electrons. The molecule has 0 saturated heterocycles. The number of hydrogen-bond donors (Lipinski definition) is 2. The molecule has 0 atom stereocenters. The molecule has 0 heterocycles. The van der Waals surface area contributed by atoms with Gasteiger partial charge in [0.15, 0.2) is 6.61 Å². The van der Waals surface area contributed by atoms with E-state index in [4.69, 9.17) is 14.6 Å². The molecule has 0 aliphatic heterocycles. The number of carboxylic acid groups (broad SMARTS) is 1. The van der Waals surface area contributed by atoms with Crippen LogP contribution in [0.4, 0.5) is 4.39 Å². The topological polar surface area (TPSA) is 84.9 Å². The molecule has 26 heavy (non-hydrogen) atoms. The first kappa shape index (κ1) is 19.2. The average Bonchev–Trinajstić information content (AvgIpc) is 2.64. The lowest BCUT2D eigenvalue weighted by atomic mass is 10.2. The molecule has 0 unspecified atom stereocenters. The van der Waals surface area contributed by atoms with Crippen LogP contribution in [0.2, 0.25) is 0 Å². The van der Waals surface area contributed by atoms with Gasteiger partial charge in [0.1, 0.15) is 17.3 Å². The molecule has 7 heteroatoms. The van der Waals surface area contributed by atoms with Gasteiger partial charge in [-0.15, -0.1) is 0 Å². The predicted octanol–water partition coefficient (Wildman–Crippen LogP) is 2.76. The van der Waals surface area contributed by atoms with Gasteiger partial charge in [0.05, 0.1) is 6.61 Å². The lowest BCUT2D eigenvalue weighted by Crippen LogP contribution is -2.28. The normalized spacial score (nSPS) is 10.2. The Balaban J connectivity index is 1.67. The van der Waals surface area contributed by atoms with E-state index in [0.717, 1.165) is 5.56 Å². The molecule has 0 bridgehead atoms. The van der Waals surface area contributed by atoms with Gasteiger partial charge in [-0.2, -0.15) is 0 Å². The minimum absolute atomic E-state index is 0.0735. The zero-order chi connectivity index (χ0) is 18.8. The molecule has 0 saturated carbocycles. The van der Waals surface area contributed by atoms with Crippen LogP contribution in [0.25, 0.3) is 0 Å². The number of aliphatic carboxylic acids is 1. The first-order valence-corrected chi connectivity index (χ1v) is 8.11. The summed E-state index contributed by atoms with van der Waals surface area (Å²) in [6.45, 7) is 0.518. The van der Waals surface area contributed by atoms with Crippen LogP contribution in [0, 0.1) is 5.82 Å². The van der Waals surface area contributed by atoms with Crippen molar-refractivity contribution in [2.75, 3.05) is 13.2 Å². The number of amides is 1. The zero-order valence-corrected chi connectivity index (χ0v) is 14.1. The van der Waals surface area contributed by atoms with Gasteiger partial charge in [0.2, 0.25) is 0 Å². The van der Waals surface area contributed by atoms with Gasteiger partial charge in [0, 0.05) is 13.0 Å². The fraction of sp³-hybridized carbons (Fsp3) is 0.263. The van der Waals surface area contributed by atoms with Crippen molar-refractivity contribution in [1.82, 2.24) is 5.32 Å². The molecule has 0 spiro atoms. The Kier molecular flexibility index (Phi) is 7.42. The lowest BCUT2D eigenvalue weighted by molar-refractivity contribution is -0.137. The van der Waals surface area contributed by atoms with Crippen molar-refractivity contribution in [2.45, 2.75) is 19.4 Å². The lowest BCUT2D eigenvalue weighted by Gasteiger charge is -2.09. The number of carbonyl (C=O) groups excluding carboxylic acids is 1. The second-order valence-corrected chi connectivity index (χ2v) is 5.51. The smallest absolute Gasteiger partial charge is 0.303 e. The highest BCUT2D eigenvalue weighted by Crippen LogP contribution is 2.13. The van der Waals surface area contributed by atoms with Crippen molar-refractivity contribution < 1.29 is 28.6 Å². The van der Waals surface area contributed by atoms with Crippen molar-refractivity contribution >= 4 is 11.9 Å².